The van der Waals surface area contributed by atoms with Gasteiger partial charge in [0.2, 0.25) is 5.91 Å². The Morgan fingerprint density at radius 2 is 2.26 bits per heavy atom. The van der Waals surface area contributed by atoms with Gasteiger partial charge in [-0.3, -0.25) is 14.8 Å². The second kappa shape index (κ2) is 7.42. The van der Waals surface area contributed by atoms with Crippen LogP contribution in [0.3, 0.4) is 0 Å². The molecule has 2 aromatic rings. The molecular formula is C18H24N4O. The van der Waals surface area contributed by atoms with Crippen molar-refractivity contribution in [2.75, 3.05) is 19.6 Å². The number of aromatic amines is 1. The molecule has 1 fully saturated rings. The lowest BCUT2D eigenvalue weighted by Gasteiger charge is -2.31. The molecule has 1 amide bonds. The summed E-state index contributed by atoms with van der Waals surface area (Å²) in [7, 11) is 0. The van der Waals surface area contributed by atoms with E-state index in [9.17, 15) is 4.79 Å². The summed E-state index contributed by atoms with van der Waals surface area (Å²) >= 11 is 0. The molecule has 0 spiro atoms. The summed E-state index contributed by atoms with van der Waals surface area (Å²) < 4.78 is 0. The lowest BCUT2D eigenvalue weighted by atomic mass is 9.95. The number of likely N-dealkylation sites (tertiary alicyclic amines) is 1. The highest BCUT2D eigenvalue weighted by Crippen LogP contribution is 2.24. The van der Waals surface area contributed by atoms with E-state index in [-0.39, 0.29) is 5.91 Å². The smallest absolute Gasteiger partial charge is 0.234 e. The number of rotatable bonds is 5. The van der Waals surface area contributed by atoms with Crippen LogP contribution in [-0.4, -0.2) is 40.6 Å². The van der Waals surface area contributed by atoms with Crippen molar-refractivity contribution in [2.45, 2.75) is 32.2 Å². The highest BCUT2D eigenvalue weighted by molar-refractivity contribution is 5.78. The standard InChI is InChI=1S/C18H24N4O/c1-14-5-2-3-6-15(14)11-19-18(23)13-22-10-4-7-16(12-22)17-8-9-20-21-17/h2-3,5-6,8-9,16H,4,7,10-13H2,1H3,(H,19,23)(H,20,21)/t16-/m1/s1. The van der Waals surface area contributed by atoms with Gasteiger partial charge in [0, 0.05) is 30.9 Å². The topological polar surface area (TPSA) is 61.0 Å². The molecular weight excluding hydrogens is 288 g/mol. The van der Waals surface area contributed by atoms with Crippen molar-refractivity contribution in [2.24, 2.45) is 0 Å². The number of hydrogen-bond donors (Lipinski definition) is 2. The highest BCUT2D eigenvalue weighted by Gasteiger charge is 2.23. The third-order valence-electron chi connectivity index (χ3n) is 4.57. The molecule has 122 valence electrons. The van der Waals surface area contributed by atoms with Gasteiger partial charge in [-0.15, -0.1) is 0 Å². The first-order valence-corrected chi connectivity index (χ1v) is 8.25. The normalized spacial score (nSPS) is 18.7. The summed E-state index contributed by atoms with van der Waals surface area (Å²) in [6, 6.07) is 10.2. The first kappa shape index (κ1) is 15.7. The Hall–Kier alpha value is -2.14. The Labute approximate surface area is 137 Å². The molecule has 1 aromatic heterocycles. The summed E-state index contributed by atoms with van der Waals surface area (Å²) in [6.45, 7) is 5.04. The predicted molar refractivity (Wildman–Crippen MR) is 90.0 cm³/mol. The molecule has 3 rings (SSSR count). The summed E-state index contributed by atoms with van der Waals surface area (Å²) in [5, 5.41) is 10.1. The number of aromatic nitrogens is 2. The van der Waals surface area contributed by atoms with Gasteiger partial charge in [-0.05, 0) is 43.5 Å². The second-order valence-electron chi connectivity index (χ2n) is 6.29. The van der Waals surface area contributed by atoms with Gasteiger partial charge in [0.05, 0.1) is 6.54 Å². The molecule has 0 aliphatic carbocycles. The van der Waals surface area contributed by atoms with E-state index in [0.717, 1.165) is 25.9 Å². The highest BCUT2D eigenvalue weighted by atomic mass is 16.2. The van der Waals surface area contributed by atoms with E-state index >= 15 is 0 Å². The van der Waals surface area contributed by atoms with E-state index in [0.29, 0.717) is 19.0 Å². The molecule has 1 saturated heterocycles. The van der Waals surface area contributed by atoms with E-state index in [1.54, 1.807) is 6.20 Å². The largest absolute Gasteiger partial charge is 0.351 e. The lowest BCUT2D eigenvalue weighted by Crippen LogP contribution is -2.41. The van der Waals surface area contributed by atoms with Gasteiger partial charge in [0.15, 0.2) is 0 Å². The van der Waals surface area contributed by atoms with Gasteiger partial charge in [0.1, 0.15) is 0 Å². The maximum absolute atomic E-state index is 12.2. The van der Waals surface area contributed by atoms with Crippen LogP contribution in [0.2, 0.25) is 0 Å². The Bertz CT molecular complexity index is 638. The van der Waals surface area contributed by atoms with Gasteiger partial charge in [-0.2, -0.15) is 5.10 Å². The first-order chi connectivity index (χ1) is 11.2. The molecule has 1 aliphatic heterocycles. The van der Waals surface area contributed by atoms with Crippen molar-refractivity contribution in [3.63, 3.8) is 0 Å². The molecule has 2 heterocycles. The monoisotopic (exact) mass is 312 g/mol. The number of hydrogen-bond acceptors (Lipinski definition) is 3. The van der Waals surface area contributed by atoms with E-state index in [4.69, 9.17) is 0 Å². The average molecular weight is 312 g/mol. The fourth-order valence-electron chi connectivity index (χ4n) is 3.21. The van der Waals surface area contributed by atoms with Crippen LogP contribution in [0, 0.1) is 6.92 Å². The number of H-pyrrole nitrogens is 1. The maximum Gasteiger partial charge on any atom is 0.234 e. The van der Waals surface area contributed by atoms with Crippen molar-refractivity contribution in [3.8, 4) is 0 Å². The zero-order chi connectivity index (χ0) is 16.1. The van der Waals surface area contributed by atoms with Crippen LogP contribution in [0.25, 0.3) is 0 Å². The van der Waals surface area contributed by atoms with Crippen molar-refractivity contribution in [1.82, 2.24) is 20.4 Å². The van der Waals surface area contributed by atoms with E-state index in [1.165, 1.54) is 16.8 Å². The van der Waals surface area contributed by atoms with Crippen molar-refractivity contribution in [1.29, 1.82) is 0 Å². The molecule has 23 heavy (non-hydrogen) atoms. The summed E-state index contributed by atoms with van der Waals surface area (Å²) in [4.78, 5) is 14.5. The number of nitrogens with zero attached hydrogens (tertiary/aromatic N) is 2. The molecule has 0 saturated carbocycles. The van der Waals surface area contributed by atoms with Crippen molar-refractivity contribution >= 4 is 5.91 Å². The third kappa shape index (κ3) is 4.20. The fourth-order valence-corrected chi connectivity index (χ4v) is 3.21. The number of carbonyl (C=O) groups is 1. The second-order valence-corrected chi connectivity index (χ2v) is 6.29. The SMILES string of the molecule is Cc1ccccc1CNC(=O)CN1CCC[C@@H](c2ccn[nH]2)C1. The van der Waals surface area contributed by atoms with Gasteiger partial charge >= 0.3 is 0 Å². The molecule has 0 bridgehead atoms. The molecule has 1 aromatic carbocycles. The van der Waals surface area contributed by atoms with Crippen LogP contribution in [0.1, 0.15) is 35.6 Å². The summed E-state index contributed by atoms with van der Waals surface area (Å²) in [6.07, 6.45) is 4.07. The summed E-state index contributed by atoms with van der Waals surface area (Å²) in [5.74, 6) is 0.550. The van der Waals surface area contributed by atoms with Crippen LogP contribution in [0.15, 0.2) is 36.5 Å². The zero-order valence-corrected chi connectivity index (χ0v) is 13.6. The van der Waals surface area contributed by atoms with Gasteiger partial charge in [0.25, 0.3) is 0 Å². The minimum Gasteiger partial charge on any atom is -0.351 e. The van der Waals surface area contributed by atoms with Crippen LogP contribution >= 0.6 is 0 Å². The van der Waals surface area contributed by atoms with Gasteiger partial charge in [-0.25, -0.2) is 0 Å². The molecule has 2 N–H and O–H groups in total. The number of aryl methyl sites for hydroxylation is 1. The van der Waals surface area contributed by atoms with Crippen LogP contribution in [0.4, 0.5) is 0 Å². The molecule has 1 atom stereocenters. The third-order valence-corrected chi connectivity index (χ3v) is 4.57. The molecule has 1 aliphatic rings. The van der Waals surface area contributed by atoms with Gasteiger partial charge < -0.3 is 5.32 Å². The number of nitrogens with one attached hydrogen (secondary N) is 2. The Kier molecular flexibility index (Phi) is 5.08. The molecule has 0 radical (unpaired) electrons. The van der Waals surface area contributed by atoms with E-state index in [1.807, 2.05) is 18.2 Å². The minimum atomic E-state index is 0.0958. The minimum absolute atomic E-state index is 0.0958. The molecule has 0 unspecified atom stereocenters. The Morgan fingerprint density at radius 1 is 1.39 bits per heavy atom. The number of piperidine rings is 1. The predicted octanol–water partition coefficient (Wildman–Crippen LogP) is 2.21. The van der Waals surface area contributed by atoms with Crippen molar-refractivity contribution < 1.29 is 4.79 Å². The van der Waals surface area contributed by atoms with Crippen molar-refractivity contribution in [3.05, 3.63) is 53.3 Å². The Balaban J connectivity index is 1.49. The number of amides is 1. The van der Waals surface area contributed by atoms with Crippen LogP contribution < -0.4 is 5.32 Å². The quantitative estimate of drug-likeness (QED) is 0.890. The van der Waals surface area contributed by atoms with Gasteiger partial charge in [-0.1, -0.05) is 24.3 Å². The van der Waals surface area contributed by atoms with Crippen LogP contribution in [0.5, 0.6) is 0 Å². The van der Waals surface area contributed by atoms with E-state index < -0.39 is 0 Å². The zero-order valence-electron chi connectivity index (χ0n) is 13.6. The lowest BCUT2D eigenvalue weighted by molar-refractivity contribution is -0.122. The first-order valence-electron chi connectivity index (χ1n) is 8.25. The number of benzene rings is 1. The van der Waals surface area contributed by atoms with Crippen LogP contribution in [-0.2, 0) is 11.3 Å². The maximum atomic E-state index is 12.2. The number of carbonyl (C=O) groups excluding carboxylic acids is 1. The molecule has 5 nitrogen and oxygen atoms in total. The molecule has 5 heteroatoms. The fraction of sp³-hybridized carbons (Fsp3) is 0.444. The Morgan fingerprint density at radius 3 is 3.04 bits per heavy atom. The average Bonchev–Trinajstić information content (AvgIpc) is 3.09. The van der Waals surface area contributed by atoms with E-state index in [2.05, 4.69) is 39.5 Å². The summed E-state index contributed by atoms with van der Waals surface area (Å²) in [5.41, 5.74) is 3.56.